The van der Waals surface area contributed by atoms with Crippen molar-refractivity contribution in [3.8, 4) is 0 Å². The zero-order valence-corrected chi connectivity index (χ0v) is 10.8. The van der Waals surface area contributed by atoms with Crippen LogP contribution in [-0.2, 0) is 6.54 Å². The van der Waals surface area contributed by atoms with Gasteiger partial charge in [-0.3, -0.25) is 9.36 Å². The summed E-state index contributed by atoms with van der Waals surface area (Å²) in [5.41, 5.74) is 1.73. The summed E-state index contributed by atoms with van der Waals surface area (Å²) in [5, 5.41) is 2.57. The Hall–Kier alpha value is -1.20. The van der Waals surface area contributed by atoms with Gasteiger partial charge in [0.1, 0.15) is 0 Å². The lowest BCUT2D eigenvalue weighted by molar-refractivity contribution is 0.725. The Balaban J connectivity index is 2.82. The molecule has 0 fully saturated rings. The monoisotopic (exact) mass is 252 g/mol. The molecule has 0 aromatic carbocycles. The molecule has 16 heavy (non-hydrogen) atoms. The third kappa shape index (κ3) is 1.76. The van der Waals surface area contributed by atoms with Gasteiger partial charge in [-0.15, -0.1) is 11.3 Å². The number of rotatable bonds is 2. The Morgan fingerprint density at radius 3 is 3.00 bits per heavy atom. The van der Waals surface area contributed by atoms with E-state index >= 15 is 0 Å². The van der Waals surface area contributed by atoms with Gasteiger partial charge in [0, 0.05) is 16.8 Å². The van der Waals surface area contributed by atoms with Gasteiger partial charge >= 0.3 is 0 Å². The van der Waals surface area contributed by atoms with Gasteiger partial charge in [-0.25, -0.2) is 0 Å². The number of nitrogens with zero attached hydrogens (tertiary/aromatic N) is 1. The molecule has 0 aliphatic rings. The molecular formula is C11H12N2OS2. The summed E-state index contributed by atoms with van der Waals surface area (Å²) in [6.07, 6.45) is 0. The number of aromatic nitrogens is 2. The summed E-state index contributed by atoms with van der Waals surface area (Å²) in [5.74, 6) is 0. The molecule has 0 bridgehead atoms. The van der Waals surface area contributed by atoms with Gasteiger partial charge in [0.25, 0.3) is 5.56 Å². The topological polar surface area (TPSA) is 37.8 Å². The van der Waals surface area contributed by atoms with Gasteiger partial charge in [-0.2, -0.15) is 0 Å². The van der Waals surface area contributed by atoms with Crippen LogP contribution in [0.25, 0.3) is 10.9 Å². The van der Waals surface area contributed by atoms with Crippen molar-refractivity contribution in [2.75, 3.05) is 0 Å². The average Bonchev–Trinajstić information content (AvgIpc) is 2.55. The number of allylic oxidation sites excluding steroid dienone is 1. The lowest BCUT2D eigenvalue weighted by atomic mass is 10.3. The van der Waals surface area contributed by atoms with Crippen LogP contribution in [0.2, 0.25) is 0 Å². The van der Waals surface area contributed by atoms with E-state index in [1.165, 1.54) is 0 Å². The molecule has 3 nitrogen and oxygen atoms in total. The maximum absolute atomic E-state index is 12.1. The second-order valence-electron chi connectivity index (χ2n) is 3.86. The van der Waals surface area contributed by atoms with Crippen LogP contribution >= 0.6 is 23.6 Å². The van der Waals surface area contributed by atoms with Crippen LogP contribution < -0.4 is 5.56 Å². The fourth-order valence-corrected chi connectivity index (χ4v) is 2.63. The lowest BCUT2D eigenvalue weighted by Crippen LogP contribution is -2.22. The summed E-state index contributed by atoms with van der Waals surface area (Å²) in [6.45, 7) is 8.12. The molecule has 1 N–H and O–H groups in total. The van der Waals surface area contributed by atoms with Crippen LogP contribution in [0, 0.1) is 11.7 Å². The minimum absolute atomic E-state index is 0.0360. The minimum atomic E-state index is -0.0360. The molecule has 0 saturated carbocycles. The summed E-state index contributed by atoms with van der Waals surface area (Å²) in [4.78, 5) is 16.3. The first-order chi connectivity index (χ1) is 7.50. The van der Waals surface area contributed by atoms with Gasteiger partial charge < -0.3 is 4.98 Å². The van der Waals surface area contributed by atoms with E-state index in [4.69, 9.17) is 12.2 Å². The Morgan fingerprint density at radius 2 is 2.38 bits per heavy atom. The van der Waals surface area contributed by atoms with Gasteiger partial charge in [0.05, 0.1) is 10.9 Å². The van der Waals surface area contributed by atoms with Crippen molar-refractivity contribution >= 4 is 34.5 Å². The molecule has 2 aromatic heterocycles. The van der Waals surface area contributed by atoms with Crippen LogP contribution in [0.15, 0.2) is 22.3 Å². The predicted molar refractivity (Wildman–Crippen MR) is 70.8 cm³/mol. The fourth-order valence-electron chi connectivity index (χ4n) is 1.59. The number of aryl methyl sites for hydroxylation is 1. The van der Waals surface area contributed by atoms with E-state index < -0.39 is 0 Å². The Morgan fingerprint density at radius 1 is 1.69 bits per heavy atom. The summed E-state index contributed by atoms with van der Waals surface area (Å²) >= 11 is 6.74. The van der Waals surface area contributed by atoms with Crippen LogP contribution in [0.5, 0.6) is 0 Å². The normalized spacial score (nSPS) is 10.9. The van der Waals surface area contributed by atoms with Crippen molar-refractivity contribution in [1.29, 1.82) is 0 Å². The van der Waals surface area contributed by atoms with Crippen molar-refractivity contribution in [2.24, 2.45) is 0 Å². The maximum Gasteiger partial charge on any atom is 0.263 e. The van der Waals surface area contributed by atoms with E-state index in [0.29, 0.717) is 16.7 Å². The number of aromatic amines is 1. The van der Waals surface area contributed by atoms with Crippen LogP contribution in [-0.4, -0.2) is 9.55 Å². The van der Waals surface area contributed by atoms with E-state index in [0.717, 1.165) is 16.0 Å². The molecule has 2 aromatic rings. The van der Waals surface area contributed by atoms with Gasteiger partial charge in [0.2, 0.25) is 0 Å². The van der Waals surface area contributed by atoms with E-state index in [1.807, 2.05) is 19.2 Å². The van der Waals surface area contributed by atoms with Crippen molar-refractivity contribution in [3.05, 3.63) is 37.5 Å². The van der Waals surface area contributed by atoms with Crippen LogP contribution in [0.3, 0.4) is 0 Å². The van der Waals surface area contributed by atoms with Gasteiger partial charge in [0.15, 0.2) is 4.77 Å². The van der Waals surface area contributed by atoms with E-state index in [9.17, 15) is 4.79 Å². The Bertz CT molecular complexity index is 675. The standard InChI is InChI=1S/C11H12N2OS2/c1-6(2)4-13-10(14)8-5-16-7(3)9(8)12-11(13)15/h5H,1,4H2,2-3H3,(H,12,15). The summed E-state index contributed by atoms with van der Waals surface area (Å²) in [6, 6.07) is 0. The smallest absolute Gasteiger partial charge is 0.263 e. The first kappa shape index (κ1) is 11.3. The first-order valence-electron chi connectivity index (χ1n) is 4.86. The quantitative estimate of drug-likeness (QED) is 0.659. The lowest BCUT2D eigenvalue weighted by Gasteiger charge is -2.05. The zero-order chi connectivity index (χ0) is 11.9. The molecule has 0 unspecified atom stereocenters. The van der Waals surface area contributed by atoms with Crippen molar-refractivity contribution in [2.45, 2.75) is 20.4 Å². The largest absolute Gasteiger partial charge is 0.331 e. The SMILES string of the molecule is C=C(C)Cn1c(=S)[nH]c2c(C)scc2c1=O. The molecule has 5 heteroatoms. The number of nitrogens with one attached hydrogen (secondary N) is 1. The summed E-state index contributed by atoms with van der Waals surface area (Å²) < 4.78 is 2.01. The van der Waals surface area contributed by atoms with Crippen LogP contribution in [0.1, 0.15) is 11.8 Å². The summed E-state index contributed by atoms with van der Waals surface area (Å²) in [7, 11) is 0. The molecule has 0 amide bonds. The number of fused-ring (bicyclic) bond motifs is 1. The molecule has 84 valence electrons. The molecule has 0 radical (unpaired) electrons. The molecule has 0 atom stereocenters. The van der Waals surface area contributed by atoms with Crippen molar-refractivity contribution in [1.82, 2.24) is 9.55 Å². The molecule has 0 saturated heterocycles. The second-order valence-corrected chi connectivity index (χ2v) is 5.33. The van der Waals surface area contributed by atoms with Gasteiger partial charge in [-0.05, 0) is 26.1 Å². The zero-order valence-electron chi connectivity index (χ0n) is 9.16. The molecule has 2 rings (SSSR count). The number of hydrogen-bond acceptors (Lipinski definition) is 3. The second kappa shape index (κ2) is 3.99. The third-order valence-corrected chi connectivity index (χ3v) is 3.59. The fraction of sp³-hybridized carbons (Fsp3) is 0.273. The number of thiophene rings is 1. The average molecular weight is 252 g/mol. The highest BCUT2D eigenvalue weighted by Crippen LogP contribution is 2.19. The molecule has 0 aliphatic carbocycles. The highest BCUT2D eigenvalue weighted by molar-refractivity contribution is 7.71. The van der Waals surface area contributed by atoms with Crippen molar-refractivity contribution < 1.29 is 0 Å². The Kier molecular flexibility index (Phi) is 2.82. The molecule has 0 spiro atoms. The highest BCUT2D eigenvalue weighted by Gasteiger charge is 2.08. The Labute approximate surface area is 102 Å². The van der Waals surface area contributed by atoms with E-state index in [-0.39, 0.29) is 5.56 Å². The molecule has 0 aliphatic heterocycles. The third-order valence-electron chi connectivity index (χ3n) is 2.36. The van der Waals surface area contributed by atoms with Crippen molar-refractivity contribution in [3.63, 3.8) is 0 Å². The number of H-pyrrole nitrogens is 1. The molecule has 2 heterocycles. The predicted octanol–water partition coefficient (Wildman–Crippen LogP) is 3.01. The first-order valence-corrected chi connectivity index (χ1v) is 6.15. The van der Waals surface area contributed by atoms with E-state index in [1.54, 1.807) is 15.9 Å². The van der Waals surface area contributed by atoms with E-state index in [2.05, 4.69) is 11.6 Å². The number of hydrogen-bond donors (Lipinski definition) is 1. The van der Waals surface area contributed by atoms with Crippen LogP contribution in [0.4, 0.5) is 0 Å². The maximum atomic E-state index is 12.1. The minimum Gasteiger partial charge on any atom is -0.331 e. The highest BCUT2D eigenvalue weighted by atomic mass is 32.1. The molecular weight excluding hydrogens is 240 g/mol. The van der Waals surface area contributed by atoms with Gasteiger partial charge in [-0.1, -0.05) is 12.2 Å².